The highest BCUT2D eigenvalue weighted by molar-refractivity contribution is 7.22. The van der Waals surface area contributed by atoms with Gasteiger partial charge in [0, 0.05) is 18.8 Å². The van der Waals surface area contributed by atoms with Crippen LogP contribution in [0.3, 0.4) is 0 Å². The molecule has 0 N–H and O–H groups in total. The lowest BCUT2D eigenvalue weighted by molar-refractivity contribution is -0.141. The molecule has 2 heterocycles. The van der Waals surface area contributed by atoms with Gasteiger partial charge in [-0.3, -0.25) is 4.79 Å². The second-order valence-electron chi connectivity index (χ2n) is 7.95. The van der Waals surface area contributed by atoms with Crippen LogP contribution < -0.4 is 4.90 Å². The second kappa shape index (κ2) is 8.13. The molecule has 2 aromatic carbocycles. The van der Waals surface area contributed by atoms with Crippen molar-refractivity contribution in [3.63, 3.8) is 0 Å². The largest absolute Gasteiger partial charge is 0.372 e. The van der Waals surface area contributed by atoms with Crippen molar-refractivity contribution >= 4 is 38.3 Å². The first-order chi connectivity index (χ1) is 13.9. The maximum atomic E-state index is 13.2. The minimum absolute atomic E-state index is 0.0554. The average molecular weight is 410 g/mol. The number of hydrogen-bond acceptors (Lipinski definition) is 5. The SMILES string of the molecule is Cc1cc(C)cc(N(CC(=O)N2CC(C)OC(C)C2)c2nc3ccccc3s2)c1. The van der Waals surface area contributed by atoms with Crippen molar-refractivity contribution in [3.05, 3.63) is 53.6 Å². The van der Waals surface area contributed by atoms with Gasteiger partial charge in [-0.15, -0.1) is 0 Å². The normalized spacial score (nSPS) is 19.5. The van der Waals surface area contributed by atoms with Crippen molar-refractivity contribution in [2.24, 2.45) is 0 Å². The van der Waals surface area contributed by atoms with E-state index in [0.29, 0.717) is 13.1 Å². The lowest BCUT2D eigenvalue weighted by atomic mass is 10.1. The zero-order valence-electron chi connectivity index (χ0n) is 17.4. The van der Waals surface area contributed by atoms with E-state index >= 15 is 0 Å². The number of para-hydroxylation sites is 1. The number of ether oxygens (including phenoxy) is 1. The fraction of sp³-hybridized carbons (Fsp3) is 0.391. The quantitative estimate of drug-likeness (QED) is 0.627. The van der Waals surface area contributed by atoms with E-state index in [1.54, 1.807) is 11.3 Å². The molecule has 0 spiro atoms. The topological polar surface area (TPSA) is 45.7 Å². The van der Waals surface area contributed by atoms with Crippen molar-refractivity contribution in [2.75, 3.05) is 24.5 Å². The number of morpholine rings is 1. The summed E-state index contributed by atoms with van der Waals surface area (Å²) in [6.45, 7) is 9.73. The van der Waals surface area contributed by atoms with E-state index in [9.17, 15) is 4.79 Å². The number of thiazole rings is 1. The summed E-state index contributed by atoms with van der Waals surface area (Å²) in [7, 11) is 0. The van der Waals surface area contributed by atoms with Crippen LogP contribution in [0.1, 0.15) is 25.0 Å². The number of carbonyl (C=O) groups excluding carboxylic acids is 1. The van der Waals surface area contributed by atoms with Gasteiger partial charge < -0.3 is 14.5 Å². The van der Waals surface area contributed by atoms with Crippen molar-refractivity contribution in [2.45, 2.75) is 39.9 Å². The third-order valence-electron chi connectivity index (χ3n) is 5.10. The summed E-state index contributed by atoms with van der Waals surface area (Å²) in [5.41, 5.74) is 4.31. The first kappa shape index (κ1) is 19.9. The molecular weight excluding hydrogens is 382 g/mol. The average Bonchev–Trinajstić information content (AvgIpc) is 3.08. The Bertz CT molecular complexity index is 969. The summed E-state index contributed by atoms with van der Waals surface area (Å²) in [5.74, 6) is 0.102. The Kier molecular flexibility index (Phi) is 5.56. The third kappa shape index (κ3) is 4.43. The van der Waals surface area contributed by atoms with Crippen LogP contribution in [0, 0.1) is 13.8 Å². The van der Waals surface area contributed by atoms with Gasteiger partial charge in [-0.1, -0.05) is 29.5 Å². The molecule has 6 heteroatoms. The highest BCUT2D eigenvalue weighted by Crippen LogP contribution is 2.34. The number of fused-ring (bicyclic) bond motifs is 1. The lowest BCUT2D eigenvalue weighted by Crippen LogP contribution is -2.50. The van der Waals surface area contributed by atoms with E-state index in [1.165, 1.54) is 11.1 Å². The summed E-state index contributed by atoms with van der Waals surface area (Å²) in [6.07, 6.45) is 0.111. The van der Waals surface area contributed by atoms with Gasteiger partial charge in [0.15, 0.2) is 5.13 Å². The van der Waals surface area contributed by atoms with Crippen LogP contribution in [0.4, 0.5) is 10.8 Å². The molecule has 0 radical (unpaired) electrons. The van der Waals surface area contributed by atoms with Crippen LogP contribution >= 0.6 is 11.3 Å². The van der Waals surface area contributed by atoms with Crippen molar-refractivity contribution < 1.29 is 9.53 Å². The molecule has 0 saturated carbocycles. The third-order valence-corrected chi connectivity index (χ3v) is 6.16. The molecule has 0 bridgehead atoms. The molecule has 1 saturated heterocycles. The monoisotopic (exact) mass is 409 g/mol. The minimum Gasteiger partial charge on any atom is -0.372 e. The van der Waals surface area contributed by atoms with Gasteiger partial charge in [-0.25, -0.2) is 4.98 Å². The summed E-state index contributed by atoms with van der Waals surface area (Å²) in [6, 6.07) is 14.5. The molecule has 3 aromatic rings. The van der Waals surface area contributed by atoms with E-state index < -0.39 is 0 Å². The number of carbonyl (C=O) groups is 1. The molecule has 1 amide bonds. The van der Waals surface area contributed by atoms with Gasteiger partial charge in [-0.2, -0.15) is 0 Å². The highest BCUT2D eigenvalue weighted by atomic mass is 32.1. The van der Waals surface area contributed by atoms with Crippen LogP contribution in [0.5, 0.6) is 0 Å². The van der Waals surface area contributed by atoms with Gasteiger partial charge in [-0.05, 0) is 63.1 Å². The van der Waals surface area contributed by atoms with Crippen LogP contribution in [0.15, 0.2) is 42.5 Å². The molecule has 2 unspecified atom stereocenters. The Hall–Kier alpha value is -2.44. The maximum Gasteiger partial charge on any atom is 0.242 e. The molecule has 1 aromatic heterocycles. The number of benzene rings is 2. The van der Waals surface area contributed by atoms with E-state index in [2.05, 4.69) is 43.0 Å². The molecule has 0 aliphatic carbocycles. The van der Waals surface area contributed by atoms with Crippen LogP contribution in [0.25, 0.3) is 10.2 Å². The number of aromatic nitrogens is 1. The molecule has 1 aliphatic rings. The minimum atomic E-state index is 0.0554. The number of anilines is 2. The van der Waals surface area contributed by atoms with Gasteiger partial charge in [0.25, 0.3) is 0 Å². The van der Waals surface area contributed by atoms with E-state index in [0.717, 1.165) is 21.0 Å². The Labute approximate surface area is 175 Å². The molecule has 1 aliphatic heterocycles. The molecule has 4 rings (SSSR count). The first-order valence-electron chi connectivity index (χ1n) is 10.0. The van der Waals surface area contributed by atoms with Crippen LogP contribution in [-0.2, 0) is 9.53 Å². The number of hydrogen-bond donors (Lipinski definition) is 0. The Morgan fingerprint density at radius 3 is 2.45 bits per heavy atom. The Morgan fingerprint density at radius 2 is 1.79 bits per heavy atom. The number of aryl methyl sites for hydroxylation is 2. The first-order valence-corrected chi connectivity index (χ1v) is 10.9. The predicted octanol–water partition coefficient (Wildman–Crippen LogP) is 4.69. The van der Waals surface area contributed by atoms with E-state index in [4.69, 9.17) is 9.72 Å². The van der Waals surface area contributed by atoms with Crippen LogP contribution in [-0.4, -0.2) is 47.6 Å². The Balaban J connectivity index is 1.69. The molecule has 5 nitrogen and oxygen atoms in total. The number of rotatable bonds is 4. The fourth-order valence-corrected chi connectivity index (χ4v) is 4.95. The van der Waals surface area contributed by atoms with Gasteiger partial charge in [0.2, 0.25) is 5.91 Å². The number of nitrogens with zero attached hydrogens (tertiary/aromatic N) is 3. The molecule has 152 valence electrons. The van der Waals surface area contributed by atoms with Gasteiger partial charge in [0.05, 0.1) is 22.4 Å². The maximum absolute atomic E-state index is 13.2. The van der Waals surface area contributed by atoms with Crippen molar-refractivity contribution in [1.82, 2.24) is 9.88 Å². The summed E-state index contributed by atoms with van der Waals surface area (Å²) >= 11 is 1.62. The highest BCUT2D eigenvalue weighted by Gasteiger charge is 2.28. The predicted molar refractivity (Wildman–Crippen MR) is 119 cm³/mol. The smallest absolute Gasteiger partial charge is 0.242 e. The number of amides is 1. The van der Waals surface area contributed by atoms with Crippen molar-refractivity contribution in [1.29, 1.82) is 0 Å². The zero-order chi connectivity index (χ0) is 20.5. The van der Waals surface area contributed by atoms with E-state index in [-0.39, 0.29) is 24.7 Å². The van der Waals surface area contributed by atoms with Crippen LogP contribution in [0.2, 0.25) is 0 Å². The molecule has 1 fully saturated rings. The standard InChI is InChI=1S/C23H27N3O2S/c1-15-9-16(2)11-19(10-15)26(23-24-20-7-5-6-8-21(20)29-23)14-22(27)25-12-17(3)28-18(4)13-25/h5-11,17-18H,12-14H2,1-4H3. The van der Waals surface area contributed by atoms with E-state index in [1.807, 2.05) is 36.9 Å². The summed E-state index contributed by atoms with van der Waals surface area (Å²) in [5, 5.41) is 0.846. The summed E-state index contributed by atoms with van der Waals surface area (Å²) in [4.78, 5) is 22.0. The fourth-order valence-electron chi connectivity index (χ4n) is 3.97. The zero-order valence-corrected chi connectivity index (χ0v) is 18.2. The second-order valence-corrected chi connectivity index (χ2v) is 8.96. The molecular formula is C23H27N3O2S. The summed E-state index contributed by atoms with van der Waals surface area (Å²) < 4.78 is 6.92. The van der Waals surface area contributed by atoms with Gasteiger partial charge >= 0.3 is 0 Å². The van der Waals surface area contributed by atoms with Gasteiger partial charge in [0.1, 0.15) is 6.54 Å². The molecule has 29 heavy (non-hydrogen) atoms. The van der Waals surface area contributed by atoms with Crippen molar-refractivity contribution in [3.8, 4) is 0 Å². The molecule has 2 atom stereocenters. The lowest BCUT2D eigenvalue weighted by Gasteiger charge is -2.36. The Morgan fingerprint density at radius 1 is 1.14 bits per heavy atom.